The highest BCUT2D eigenvalue weighted by atomic mass is 35.5. The molecule has 0 saturated carbocycles. The number of carbonyl (C=O) groups excluding carboxylic acids is 1. The number of halogens is 4. The van der Waals surface area contributed by atoms with E-state index in [4.69, 9.17) is 28.9 Å². The van der Waals surface area contributed by atoms with E-state index >= 15 is 0 Å². The highest BCUT2D eigenvalue weighted by Crippen LogP contribution is 2.43. The highest BCUT2D eigenvalue weighted by Gasteiger charge is 2.30. The summed E-state index contributed by atoms with van der Waals surface area (Å²) in [6.45, 7) is 0. The quantitative estimate of drug-likeness (QED) is 0.667. The van der Waals surface area contributed by atoms with Crippen molar-refractivity contribution >= 4 is 29.1 Å². The molecule has 0 radical (unpaired) electrons. The Morgan fingerprint density at radius 1 is 1.15 bits per heavy atom. The molecule has 2 N–H and O–H groups in total. The van der Waals surface area contributed by atoms with Crippen LogP contribution < -0.4 is 5.73 Å². The molecule has 0 bridgehead atoms. The Hall–Kier alpha value is -2.44. The maximum atomic E-state index is 13.4. The number of hydrogen-bond acceptors (Lipinski definition) is 2. The van der Waals surface area contributed by atoms with E-state index in [2.05, 4.69) is 5.10 Å². The van der Waals surface area contributed by atoms with Gasteiger partial charge in [0.25, 0.3) is 12.3 Å². The summed E-state index contributed by atoms with van der Waals surface area (Å²) >= 11 is 12.6. The van der Waals surface area contributed by atoms with Gasteiger partial charge in [0, 0.05) is 12.6 Å². The van der Waals surface area contributed by atoms with Gasteiger partial charge in [-0.25, -0.2) is 8.78 Å². The minimum atomic E-state index is -2.96. The Balaban J connectivity index is 2.42. The number of benzene rings is 2. The van der Waals surface area contributed by atoms with Crippen LogP contribution in [0, 0.1) is 0 Å². The molecule has 1 heterocycles. The second-order valence-electron chi connectivity index (χ2n) is 5.55. The largest absolute Gasteiger partial charge is 0.365 e. The molecule has 0 aliphatic rings. The van der Waals surface area contributed by atoms with E-state index in [1.54, 1.807) is 12.1 Å². The SMILES string of the molecule is Cn1nc(C(F)F)c(C(N)=O)c1-c1c(-c2ccccc2)ccc(Cl)c1Cl. The predicted molar refractivity (Wildman–Crippen MR) is 97.6 cm³/mol. The summed E-state index contributed by atoms with van der Waals surface area (Å²) in [5.41, 5.74) is 6.13. The molecule has 2 aromatic carbocycles. The summed E-state index contributed by atoms with van der Waals surface area (Å²) in [4.78, 5) is 11.9. The van der Waals surface area contributed by atoms with Gasteiger partial charge in [0.1, 0.15) is 5.69 Å². The van der Waals surface area contributed by atoms with Crippen molar-refractivity contribution in [1.29, 1.82) is 0 Å². The summed E-state index contributed by atoms with van der Waals surface area (Å²) in [5.74, 6) is -1.02. The zero-order valence-corrected chi connectivity index (χ0v) is 15.0. The van der Waals surface area contributed by atoms with E-state index in [9.17, 15) is 13.6 Å². The third kappa shape index (κ3) is 3.06. The molecule has 4 nitrogen and oxygen atoms in total. The first kappa shape index (κ1) is 18.4. The van der Waals surface area contributed by atoms with Crippen LogP contribution in [-0.2, 0) is 7.05 Å². The molecule has 8 heteroatoms. The van der Waals surface area contributed by atoms with Crippen LogP contribution in [0.4, 0.5) is 8.78 Å². The van der Waals surface area contributed by atoms with Crippen molar-refractivity contribution in [3.8, 4) is 22.4 Å². The van der Waals surface area contributed by atoms with Gasteiger partial charge in [0.15, 0.2) is 0 Å². The van der Waals surface area contributed by atoms with Gasteiger partial charge >= 0.3 is 0 Å². The van der Waals surface area contributed by atoms with Crippen LogP contribution in [0.3, 0.4) is 0 Å². The number of aryl methyl sites for hydroxylation is 1. The molecule has 26 heavy (non-hydrogen) atoms. The minimum Gasteiger partial charge on any atom is -0.365 e. The topological polar surface area (TPSA) is 60.9 Å². The molecule has 0 atom stereocenters. The van der Waals surface area contributed by atoms with Crippen molar-refractivity contribution in [2.24, 2.45) is 12.8 Å². The fourth-order valence-corrected chi connectivity index (χ4v) is 3.28. The molecule has 3 aromatic rings. The number of nitrogens with zero attached hydrogens (tertiary/aromatic N) is 2. The molecule has 134 valence electrons. The maximum Gasteiger partial charge on any atom is 0.282 e. The number of hydrogen-bond donors (Lipinski definition) is 1. The molecular formula is C18H13Cl2F2N3O. The van der Waals surface area contributed by atoms with Gasteiger partial charge in [0.2, 0.25) is 0 Å². The normalized spacial score (nSPS) is 11.2. The molecule has 0 aliphatic heterocycles. The van der Waals surface area contributed by atoms with Gasteiger partial charge in [-0.3, -0.25) is 9.48 Å². The van der Waals surface area contributed by atoms with Crippen LogP contribution in [0.5, 0.6) is 0 Å². The summed E-state index contributed by atoms with van der Waals surface area (Å²) in [6, 6.07) is 12.5. The zero-order chi connectivity index (χ0) is 19.0. The fourth-order valence-electron chi connectivity index (χ4n) is 2.87. The third-order valence-electron chi connectivity index (χ3n) is 3.94. The van der Waals surface area contributed by atoms with E-state index in [0.717, 1.165) is 5.56 Å². The van der Waals surface area contributed by atoms with Crippen molar-refractivity contribution < 1.29 is 13.6 Å². The molecule has 0 saturated heterocycles. The number of rotatable bonds is 4. The average Bonchev–Trinajstić information content (AvgIpc) is 2.95. The molecule has 0 fully saturated rings. The Morgan fingerprint density at radius 2 is 1.81 bits per heavy atom. The molecule has 0 spiro atoms. The molecule has 1 aromatic heterocycles. The van der Waals surface area contributed by atoms with Crippen molar-refractivity contribution in [2.75, 3.05) is 0 Å². The summed E-state index contributed by atoms with van der Waals surface area (Å²) in [5, 5.41) is 4.12. The number of nitrogens with two attached hydrogens (primary N) is 1. The number of aromatic nitrogens is 2. The number of alkyl halides is 2. The van der Waals surface area contributed by atoms with Crippen LogP contribution in [-0.4, -0.2) is 15.7 Å². The number of carbonyl (C=O) groups is 1. The molecule has 0 unspecified atom stereocenters. The summed E-state index contributed by atoms with van der Waals surface area (Å²) < 4.78 is 27.9. The lowest BCUT2D eigenvalue weighted by Gasteiger charge is -2.15. The van der Waals surface area contributed by atoms with Gasteiger partial charge in [-0.15, -0.1) is 0 Å². The lowest BCUT2D eigenvalue weighted by molar-refractivity contribution is 0.0985. The van der Waals surface area contributed by atoms with E-state index in [0.29, 0.717) is 11.1 Å². The van der Waals surface area contributed by atoms with E-state index < -0.39 is 18.0 Å². The van der Waals surface area contributed by atoms with Gasteiger partial charge in [-0.2, -0.15) is 5.10 Å². The van der Waals surface area contributed by atoms with Crippen molar-refractivity contribution in [1.82, 2.24) is 9.78 Å². The first-order valence-electron chi connectivity index (χ1n) is 7.51. The van der Waals surface area contributed by atoms with E-state index in [-0.39, 0.29) is 21.3 Å². The van der Waals surface area contributed by atoms with Crippen LogP contribution in [0.1, 0.15) is 22.5 Å². The first-order chi connectivity index (χ1) is 12.3. The second-order valence-corrected chi connectivity index (χ2v) is 6.33. The highest BCUT2D eigenvalue weighted by molar-refractivity contribution is 6.44. The Morgan fingerprint density at radius 3 is 2.38 bits per heavy atom. The van der Waals surface area contributed by atoms with Crippen LogP contribution in [0.25, 0.3) is 22.4 Å². The number of primary amides is 1. The van der Waals surface area contributed by atoms with E-state index in [1.165, 1.54) is 11.7 Å². The van der Waals surface area contributed by atoms with Crippen molar-refractivity contribution in [2.45, 2.75) is 6.43 Å². The maximum absolute atomic E-state index is 13.4. The van der Waals surface area contributed by atoms with Crippen molar-refractivity contribution in [3.63, 3.8) is 0 Å². The van der Waals surface area contributed by atoms with Gasteiger partial charge in [-0.05, 0) is 17.2 Å². The minimum absolute atomic E-state index is 0.0964. The van der Waals surface area contributed by atoms with Crippen LogP contribution in [0.2, 0.25) is 10.0 Å². The van der Waals surface area contributed by atoms with Crippen molar-refractivity contribution in [3.05, 3.63) is 63.8 Å². The van der Waals surface area contributed by atoms with E-state index in [1.807, 2.05) is 30.3 Å². The van der Waals surface area contributed by atoms with Gasteiger partial charge in [0.05, 0.1) is 21.3 Å². The Kier molecular flexibility index (Phi) is 4.98. The standard InChI is InChI=1S/C18H13Cl2F2N3O/c1-25-16(13(18(23)26)15(24-25)17(21)22)12-10(7-8-11(19)14(12)20)9-5-3-2-4-6-9/h2-8,17H,1H3,(H2,23,26). The lowest BCUT2D eigenvalue weighted by Crippen LogP contribution is -2.14. The predicted octanol–water partition coefficient (Wildman–Crippen LogP) is 5.10. The van der Waals surface area contributed by atoms with Crippen LogP contribution in [0.15, 0.2) is 42.5 Å². The summed E-state index contributed by atoms with van der Waals surface area (Å²) in [7, 11) is 1.44. The first-order valence-corrected chi connectivity index (χ1v) is 8.27. The average molecular weight is 396 g/mol. The monoisotopic (exact) mass is 395 g/mol. The third-order valence-corrected chi connectivity index (χ3v) is 4.75. The number of amides is 1. The molecule has 0 aliphatic carbocycles. The smallest absolute Gasteiger partial charge is 0.282 e. The Bertz CT molecular complexity index is 988. The van der Waals surface area contributed by atoms with Gasteiger partial charge in [-0.1, -0.05) is 59.6 Å². The lowest BCUT2D eigenvalue weighted by atomic mass is 9.95. The second kappa shape index (κ2) is 7.05. The zero-order valence-electron chi connectivity index (χ0n) is 13.5. The summed E-state index contributed by atoms with van der Waals surface area (Å²) in [6.07, 6.45) is -2.96. The fraction of sp³-hybridized carbons (Fsp3) is 0.111. The molecule has 3 rings (SSSR count). The molecular weight excluding hydrogens is 383 g/mol. The molecule has 1 amide bonds. The van der Waals surface area contributed by atoms with Crippen LogP contribution >= 0.6 is 23.2 Å². The van der Waals surface area contributed by atoms with Gasteiger partial charge < -0.3 is 5.73 Å². The Labute approximate surface area is 158 Å².